The molecule has 0 saturated heterocycles. The molecule has 1 unspecified atom stereocenters. The molecule has 19 heavy (non-hydrogen) atoms. The number of hydrogen-bond donors (Lipinski definition) is 1. The Bertz CT molecular complexity index is 519. The average Bonchev–Trinajstić information content (AvgIpc) is 2.46. The second-order valence-electron chi connectivity index (χ2n) is 4.80. The van der Waals surface area contributed by atoms with Crippen molar-refractivity contribution < 1.29 is 0 Å². The number of rotatable bonds is 5. The van der Waals surface area contributed by atoms with Crippen LogP contribution in [-0.4, -0.2) is 6.26 Å². The van der Waals surface area contributed by atoms with Gasteiger partial charge in [-0.25, -0.2) is 0 Å². The van der Waals surface area contributed by atoms with Crippen molar-refractivity contribution in [1.29, 1.82) is 0 Å². The first-order valence-electron chi connectivity index (χ1n) is 6.62. The van der Waals surface area contributed by atoms with Crippen LogP contribution in [-0.2, 0) is 6.54 Å². The molecular formula is C17H21NS. The summed E-state index contributed by atoms with van der Waals surface area (Å²) in [5, 5.41) is 3.59. The van der Waals surface area contributed by atoms with Crippen LogP contribution in [0.15, 0.2) is 53.4 Å². The molecule has 0 radical (unpaired) electrons. The van der Waals surface area contributed by atoms with Crippen molar-refractivity contribution >= 4 is 11.8 Å². The van der Waals surface area contributed by atoms with E-state index in [4.69, 9.17) is 0 Å². The van der Waals surface area contributed by atoms with Crippen molar-refractivity contribution in [2.45, 2.75) is 31.3 Å². The van der Waals surface area contributed by atoms with Gasteiger partial charge in [0.15, 0.2) is 0 Å². The van der Waals surface area contributed by atoms with Crippen LogP contribution in [0.1, 0.15) is 29.7 Å². The molecule has 2 aromatic rings. The molecule has 2 aromatic carbocycles. The van der Waals surface area contributed by atoms with E-state index >= 15 is 0 Å². The van der Waals surface area contributed by atoms with Crippen LogP contribution >= 0.6 is 11.8 Å². The molecule has 1 atom stereocenters. The maximum absolute atomic E-state index is 3.59. The normalized spacial score (nSPS) is 12.4. The predicted octanol–water partition coefficient (Wildman–Crippen LogP) is 4.57. The first-order valence-corrected chi connectivity index (χ1v) is 7.85. The lowest BCUT2D eigenvalue weighted by atomic mass is 10.1. The third kappa shape index (κ3) is 3.85. The summed E-state index contributed by atoms with van der Waals surface area (Å²) in [6, 6.07) is 17.7. The first-order chi connectivity index (χ1) is 9.20. The first kappa shape index (κ1) is 14.2. The highest BCUT2D eigenvalue weighted by atomic mass is 32.2. The van der Waals surface area contributed by atoms with Crippen LogP contribution in [0.5, 0.6) is 0 Å². The molecule has 0 bridgehead atoms. The summed E-state index contributed by atoms with van der Waals surface area (Å²) in [6.07, 6.45) is 2.11. The Kier molecular flexibility index (Phi) is 5.06. The summed E-state index contributed by atoms with van der Waals surface area (Å²) in [5.74, 6) is 0. The lowest BCUT2D eigenvalue weighted by Crippen LogP contribution is -2.18. The van der Waals surface area contributed by atoms with E-state index < -0.39 is 0 Å². The fourth-order valence-corrected chi connectivity index (χ4v) is 2.49. The lowest BCUT2D eigenvalue weighted by molar-refractivity contribution is 0.573. The van der Waals surface area contributed by atoms with E-state index in [0.29, 0.717) is 6.04 Å². The van der Waals surface area contributed by atoms with Crippen molar-refractivity contribution in [3.63, 3.8) is 0 Å². The maximum atomic E-state index is 3.59. The third-order valence-electron chi connectivity index (χ3n) is 3.48. The minimum absolute atomic E-state index is 0.371. The van der Waals surface area contributed by atoms with Gasteiger partial charge in [-0.15, -0.1) is 11.8 Å². The van der Waals surface area contributed by atoms with E-state index in [2.05, 4.69) is 74.0 Å². The van der Waals surface area contributed by atoms with Gasteiger partial charge in [-0.1, -0.05) is 36.4 Å². The van der Waals surface area contributed by atoms with Gasteiger partial charge in [-0.05, 0) is 48.9 Å². The molecule has 0 heterocycles. The van der Waals surface area contributed by atoms with Crippen LogP contribution in [0.2, 0.25) is 0 Å². The van der Waals surface area contributed by atoms with Gasteiger partial charge in [0.2, 0.25) is 0 Å². The van der Waals surface area contributed by atoms with E-state index in [9.17, 15) is 0 Å². The van der Waals surface area contributed by atoms with Gasteiger partial charge >= 0.3 is 0 Å². The van der Waals surface area contributed by atoms with E-state index in [1.807, 2.05) is 0 Å². The Balaban J connectivity index is 1.97. The van der Waals surface area contributed by atoms with Gasteiger partial charge in [0.05, 0.1) is 0 Å². The Morgan fingerprint density at radius 2 is 1.74 bits per heavy atom. The number of nitrogens with one attached hydrogen (secondary N) is 1. The molecule has 0 aromatic heterocycles. The van der Waals surface area contributed by atoms with Gasteiger partial charge in [-0.2, -0.15) is 0 Å². The molecule has 0 fully saturated rings. The highest BCUT2D eigenvalue weighted by Gasteiger charge is 2.05. The quantitative estimate of drug-likeness (QED) is 0.800. The van der Waals surface area contributed by atoms with E-state index in [1.165, 1.54) is 21.6 Å². The van der Waals surface area contributed by atoms with Crippen molar-refractivity contribution in [3.8, 4) is 0 Å². The van der Waals surface area contributed by atoms with Crippen LogP contribution in [0.25, 0.3) is 0 Å². The number of benzene rings is 2. The Morgan fingerprint density at radius 1 is 1.05 bits per heavy atom. The minimum Gasteiger partial charge on any atom is -0.306 e. The van der Waals surface area contributed by atoms with Crippen LogP contribution in [0.4, 0.5) is 0 Å². The molecule has 0 aliphatic heterocycles. The molecule has 0 saturated carbocycles. The van der Waals surface area contributed by atoms with E-state index in [0.717, 1.165) is 6.54 Å². The molecule has 0 aliphatic rings. The van der Waals surface area contributed by atoms with Crippen molar-refractivity contribution in [2.75, 3.05) is 6.26 Å². The highest BCUT2D eigenvalue weighted by molar-refractivity contribution is 7.98. The zero-order valence-electron chi connectivity index (χ0n) is 11.8. The van der Waals surface area contributed by atoms with Crippen molar-refractivity contribution in [3.05, 3.63) is 65.2 Å². The summed E-state index contributed by atoms with van der Waals surface area (Å²) in [6.45, 7) is 5.29. The Labute approximate surface area is 120 Å². The van der Waals surface area contributed by atoms with Crippen LogP contribution in [0.3, 0.4) is 0 Å². The van der Waals surface area contributed by atoms with Crippen LogP contribution < -0.4 is 5.32 Å². The molecular weight excluding hydrogens is 250 g/mol. The standard InChI is InChI=1S/C17H21NS/c1-13-6-4-5-7-16(13)12-18-14(2)15-8-10-17(19-3)11-9-15/h4-11,14,18H,12H2,1-3H3. The molecule has 0 amide bonds. The molecule has 0 spiro atoms. The predicted molar refractivity (Wildman–Crippen MR) is 84.7 cm³/mol. The molecule has 1 N–H and O–H groups in total. The third-order valence-corrected chi connectivity index (χ3v) is 4.22. The second kappa shape index (κ2) is 6.78. The molecule has 100 valence electrons. The van der Waals surface area contributed by atoms with Gasteiger partial charge in [0.25, 0.3) is 0 Å². The molecule has 2 heteroatoms. The molecule has 0 aliphatic carbocycles. The van der Waals surface area contributed by atoms with Gasteiger partial charge in [0, 0.05) is 17.5 Å². The Hall–Kier alpha value is -1.25. The molecule has 2 rings (SSSR count). The van der Waals surface area contributed by atoms with Gasteiger partial charge in [0.1, 0.15) is 0 Å². The Morgan fingerprint density at radius 3 is 2.37 bits per heavy atom. The van der Waals surface area contributed by atoms with Crippen molar-refractivity contribution in [2.24, 2.45) is 0 Å². The minimum atomic E-state index is 0.371. The smallest absolute Gasteiger partial charge is 0.0294 e. The van der Waals surface area contributed by atoms with Crippen LogP contribution in [0, 0.1) is 6.92 Å². The number of thioether (sulfide) groups is 1. The topological polar surface area (TPSA) is 12.0 Å². The van der Waals surface area contributed by atoms with E-state index in [-0.39, 0.29) is 0 Å². The highest BCUT2D eigenvalue weighted by Crippen LogP contribution is 2.19. The largest absolute Gasteiger partial charge is 0.306 e. The summed E-state index contributed by atoms with van der Waals surface area (Å²) >= 11 is 1.78. The fraction of sp³-hybridized carbons (Fsp3) is 0.294. The number of hydrogen-bond acceptors (Lipinski definition) is 2. The zero-order valence-corrected chi connectivity index (χ0v) is 12.6. The SMILES string of the molecule is CSc1ccc(C(C)NCc2ccccc2C)cc1. The summed E-state index contributed by atoms with van der Waals surface area (Å²) in [7, 11) is 0. The average molecular weight is 271 g/mol. The summed E-state index contributed by atoms with van der Waals surface area (Å²) < 4.78 is 0. The van der Waals surface area contributed by atoms with E-state index in [1.54, 1.807) is 11.8 Å². The van der Waals surface area contributed by atoms with Crippen molar-refractivity contribution in [1.82, 2.24) is 5.32 Å². The second-order valence-corrected chi connectivity index (χ2v) is 5.68. The summed E-state index contributed by atoms with van der Waals surface area (Å²) in [4.78, 5) is 1.31. The monoisotopic (exact) mass is 271 g/mol. The fourth-order valence-electron chi connectivity index (χ4n) is 2.08. The number of aryl methyl sites for hydroxylation is 1. The lowest BCUT2D eigenvalue weighted by Gasteiger charge is -2.15. The van der Waals surface area contributed by atoms with Gasteiger partial charge < -0.3 is 5.32 Å². The zero-order chi connectivity index (χ0) is 13.7. The van der Waals surface area contributed by atoms with Gasteiger partial charge in [-0.3, -0.25) is 0 Å². The molecule has 1 nitrogen and oxygen atoms in total. The maximum Gasteiger partial charge on any atom is 0.0294 e. The summed E-state index contributed by atoms with van der Waals surface area (Å²) in [5.41, 5.74) is 4.06.